The molecule has 0 saturated heterocycles. The van der Waals surface area contributed by atoms with Crippen LogP contribution >= 0.6 is 0 Å². The van der Waals surface area contributed by atoms with Crippen LogP contribution in [0.3, 0.4) is 0 Å². The van der Waals surface area contributed by atoms with E-state index in [-0.39, 0.29) is 102 Å². The first kappa shape index (κ1) is 43.5. The van der Waals surface area contributed by atoms with Gasteiger partial charge in [0.1, 0.15) is 0 Å². The van der Waals surface area contributed by atoms with Crippen molar-refractivity contribution in [1.82, 2.24) is 19.9 Å². The average Bonchev–Trinajstić information content (AvgIpc) is 3.81. The predicted octanol–water partition coefficient (Wildman–Crippen LogP) is -6.57. The van der Waals surface area contributed by atoms with E-state index >= 15 is 0 Å². The number of carbonyl (C=O) groups is 8. The molecule has 0 aromatic carbocycles. The SMILES string of the molecule is O=C([O-])CCC1=C(CC(=O)[O-])c2cc3nc(cc4[nH]c(cc5[nH]c(cc1n2)c(CC(=O)[O-])c5CCC(=O)[O-])c(CC(=O)[O-])c4CCC(=O)[O-])C(CC(=O)[O-])=C3CCC(=O)[O-]. The molecule has 0 unspecified atom stereocenters. The van der Waals surface area contributed by atoms with Crippen LogP contribution in [0, 0.1) is 0 Å². The largest absolute Gasteiger partial charge is 0.550 e. The molecule has 0 spiro atoms. The minimum absolute atomic E-state index is 0.00163. The molecule has 0 radical (unpaired) electrons. The Morgan fingerprint density at radius 1 is 0.350 bits per heavy atom. The van der Waals surface area contributed by atoms with Gasteiger partial charge in [-0.3, -0.25) is 0 Å². The fourth-order valence-electron chi connectivity index (χ4n) is 7.32. The molecule has 0 fully saturated rings. The number of aryl methyl sites for hydroxylation is 2. The summed E-state index contributed by atoms with van der Waals surface area (Å²) in [5, 5.41) is 95.3. The monoisotopic (exact) mass is 822 g/mol. The number of H-pyrrole nitrogens is 2. The van der Waals surface area contributed by atoms with Gasteiger partial charge in [-0.25, -0.2) is 9.97 Å². The van der Waals surface area contributed by atoms with Gasteiger partial charge < -0.3 is 89.2 Å². The number of allylic oxidation sites excluding steroid dienone is 2. The molecule has 2 aliphatic heterocycles. The first-order valence-corrected chi connectivity index (χ1v) is 18.1. The quantitative estimate of drug-likeness (QED) is 0.107. The number of aromatic amines is 2. The third-order valence-corrected chi connectivity index (χ3v) is 9.74. The Kier molecular flexibility index (Phi) is 13.3. The zero-order valence-electron chi connectivity index (χ0n) is 31.2. The zero-order chi connectivity index (χ0) is 44.0. The molecule has 0 atom stereocenters. The molecule has 5 heterocycles. The molecule has 0 aliphatic carbocycles. The Bertz CT molecular complexity index is 2590. The van der Waals surface area contributed by atoms with Gasteiger partial charge >= 0.3 is 0 Å². The Morgan fingerprint density at radius 2 is 0.650 bits per heavy atom. The summed E-state index contributed by atoms with van der Waals surface area (Å²) >= 11 is 0. The predicted molar refractivity (Wildman–Crippen MR) is 186 cm³/mol. The highest BCUT2D eigenvalue weighted by Crippen LogP contribution is 2.40. The second kappa shape index (κ2) is 18.3. The van der Waals surface area contributed by atoms with Crippen LogP contribution in [0.2, 0.25) is 0 Å². The number of carboxylic acids is 8. The van der Waals surface area contributed by atoms with Crippen molar-refractivity contribution in [2.45, 2.75) is 77.0 Å². The second-order valence-corrected chi connectivity index (χ2v) is 13.8. The van der Waals surface area contributed by atoms with E-state index in [0.29, 0.717) is 0 Å². The fourth-order valence-corrected chi connectivity index (χ4v) is 7.32. The summed E-state index contributed by atoms with van der Waals surface area (Å²) in [6.45, 7) is 0. The molecular weight excluding hydrogens is 792 g/mol. The Morgan fingerprint density at radius 3 is 1.03 bits per heavy atom. The summed E-state index contributed by atoms with van der Waals surface area (Å²) in [6.07, 6.45) is -7.69. The molecule has 2 N–H and O–H groups in total. The van der Waals surface area contributed by atoms with Crippen LogP contribution in [0.5, 0.6) is 0 Å². The number of nitrogens with zero attached hydrogens (tertiary/aromatic N) is 2. The lowest BCUT2D eigenvalue weighted by molar-refractivity contribution is -0.307. The summed E-state index contributed by atoms with van der Waals surface area (Å²) in [4.78, 5) is 110. The van der Waals surface area contributed by atoms with Crippen LogP contribution in [0.4, 0.5) is 0 Å². The molecule has 3 aromatic heterocycles. The maximum Gasteiger partial charge on any atom is 0.0697 e. The third-order valence-electron chi connectivity index (χ3n) is 9.74. The lowest BCUT2D eigenvalue weighted by Gasteiger charge is -2.11. The van der Waals surface area contributed by atoms with Gasteiger partial charge in [-0.1, -0.05) is 0 Å². The van der Waals surface area contributed by atoms with Crippen molar-refractivity contribution >= 4 is 92.1 Å². The molecular formula is C40H30N4O16-8. The molecule has 20 nitrogen and oxygen atoms in total. The van der Waals surface area contributed by atoms with Gasteiger partial charge in [-0.15, -0.1) is 0 Å². The third kappa shape index (κ3) is 10.4. The fraction of sp³-hybridized carbons (Fsp3) is 0.300. The Hall–Kier alpha value is -7.64. The summed E-state index contributed by atoms with van der Waals surface area (Å²) in [7, 11) is 0. The van der Waals surface area contributed by atoms with Crippen LogP contribution < -0.4 is 40.9 Å². The number of aliphatic carboxylic acids is 8. The van der Waals surface area contributed by atoms with Gasteiger partial charge in [0.15, 0.2) is 0 Å². The minimum Gasteiger partial charge on any atom is -0.550 e. The van der Waals surface area contributed by atoms with Gasteiger partial charge in [0, 0.05) is 95.5 Å². The highest BCUT2D eigenvalue weighted by Gasteiger charge is 2.26. The van der Waals surface area contributed by atoms with Crippen LogP contribution in [0.15, 0.2) is 24.3 Å². The van der Waals surface area contributed by atoms with E-state index in [1.807, 2.05) is 0 Å². The van der Waals surface area contributed by atoms with E-state index < -0.39 is 112 Å². The molecule has 3 aromatic rings. The molecule has 60 heavy (non-hydrogen) atoms. The normalized spacial score (nSPS) is 12.4. The zero-order valence-corrected chi connectivity index (χ0v) is 31.2. The van der Waals surface area contributed by atoms with Crippen molar-refractivity contribution in [3.63, 3.8) is 0 Å². The number of carbonyl (C=O) groups excluding carboxylic acids is 8. The standard InChI is InChI=1S/C40H38N4O16/c45-33(46)5-1-17-21(9-37(53)54)29-14-26-19(3-7-35(49)50)23(11-39(57)58)31(43-26)16-28-20(4-8-36(51)52)24(12-40(59)60)32(44-28)15-27-18(2-6-34(47)48)22(10-38(55)56)30(42-27)13-25(17)41-29/h13-16,41-42H,1-12H2,(H,45,46)(H,47,48)(H,49,50)(H,51,52)(H,53,54)(H,55,56)(H,57,58)(H,59,60)/p-8. The van der Waals surface area contributed by atoms with Gasteiger partial charge in [-0.05, 0) is 120 Å². The number of nitrogens with one attached hydrogen (secondary N) is 2. The smallest absolute Gasteiger partial charge is 0.0697 e. The highest BCUT2D eigenvalue weighted by molar-refractivity contribution is 6.02. The number of rotatable bonds is 20. The van der Waals surface area contributed by atoms with E-state index in [4.69, 9.17) is 0 Å². The summed E-state index contributed by atoms with van der Waals surface area (Å²) in [6, 6.07) is 4.92. The number of aromatic nitrogens is 4. The van der Waals surface area contributed by atoms with Gasteiger partial charge in [0.25, 0.3) is 0 Å². The summed E-state index contributed by atoms with van der Waals surface area (Å²) < 4.78 is 0. The maximum atomic E-state index is 12.2. The van der Waals surface area contributed by atoms with E-state index in [1.54, 1.807) is 0 Å². The molecule has 0 saturated carbocycles. The molecule has 5 rings (SSSR count). The van der Waals surface area contributed by atoms with Crippen molar-refractivity contribution in [3.8, 4) is 0 Å². The number of fused-ring (bicyclic) bond motifs is 8. The van der Waals surface area contributed by atoms with Crippen molar-refractivity contribution < 1.29 is 79.2 Å². The first-order chi connectivity index (χ1) is 28.3. The van der Waals surface area contributed by atoms with Crippen molar-refractivity contribution in [1.29, 1.82) is 0 Å². The Balaban J connectivity index is 2.09. The van der Waals surface area contributed by atoms with Crippen LogP contribution in [-0.4, -0.2) is 67.7 Å². The molecule has 8 bridgehead atoms. The number of hydrogen-bond acceptors (Lipinski definition) is 18. The molecule has 20 heteroatoms. The minimum atomic E-state index is -1.65. The molecule has 0 amide bonds. The van der Waals surface area contributed by atoms with E-state index in [9.17, 15) is 79.2 Å². The number of hydrogen-bond donors (Lipinski definition) is 2. The average molecular weight is 823 g/mol. The second-order valence-electron chi connectivity index (χ2n) is 13.8. The Labute approximate surface area is 337 Å². The van der Waals surface area contributed by atoms with Crippen molar-refractivity contribution in [2.24, 2.45) is 0 Å². The molecule has 314 valence electrons. The maximum absolute atomic E-state index is 12.2. The molecule has 2 aliphatic rings. The van der Waals surface area contributed by atoms with Crippen molar-refractivity contribution in [2.75, 3.05) is 0 Å². The van der Waals surface area contributed by atoms with E-state index in [0.717, 1.165) is 0 Å². The summed E-state index contributed by atoms with van der Waals surface area (Å²) in [5.41, 5.74) is -1.04. The van der Waals surface area contributed by atoms with E-state index in [2.05, 4.69) is 19.9 Å². The van der Waals surface area contributed by atoms with Gasteiger partial charge in [0.05, 0.1) is 22.8 Å². The van der Waals surface area contributed by atoms with Gasteiger partial charge in [-0.2, -0.15) is 0 Å². The lowest BCUT2D eigenvalue weighted by atomic mass is 9.95. The topological polar surface area (TPSA) is 378 Å². The van der Waals surface area contributed by atoms with E-state index in [1.165, 1.54) is 24.3 Å². The van der Waals surface area contributed by atoms with Crippen molar-refractivity contribution in [3.05, 3.63) is 69.3 Å². The number of carboxylic acid groups (broad SMARTS) is 8. The van der Waals surface area contributed by atoms with Crippen LogP contribution in [0.1, 0.15) is 96.4 Å². The van der Waals surface area contributed by atoms with Gasteiger partial charge in [0.2, 0.25) is 0 Å². The summed E-state index contributed by atoms with van der Waals surface area (Å²) in [5.74, 6) is -12.7. The lowest BCUT2D eigenvalue weighted by Crippen LogP contribution is -2.25. The highest BCUT2D eigenvalue weighted by atomic mass is 16.4. The van der Waals surface area contributed by atoms with Crippen LogP contribution in [0.25, 0.3) is 44.4 Å². The van der Waals surface area contributed by atoms with Crippen LogP contribution in [-0.2, 0) is 64.0 Å². The first-order valence-electron chi connectivity index (χ1n) is 18.1.